The molecule has 2 aromatic rings. The molecule has 0 bridgehead atoms. The third-order valence-electron chi connectivity index (χ3n) is 2.55. The Balaban J connectivity index is 2.04. The lowest BCUT2D eigenvalue weighted by atomic mass is 10.2. The van der Waals surface area contributed by atoms with Gasteiger partial charge in [-0.25, -0.2) is 9.97 Å². The number of hydrogen-bond acceptors (Lipinski definition) is 5. The first-order valence-corrected chi connectivity index (χ1v) is 7.96. The number of nitrogens with zero attached hydrogens (tertiary/aromatic N) is 2. The number of amides is 1. The molecule has 0 aliphatic rings. The summed E-state index contributed by atoms with van der Waals surface area (Å²) >= 11 is 3.09. The first-order valence-electron chi connectivity index (χ1n) is 6.20. The van der Waals surface area contributed by atoms with Crippen LogP contribution in [0.25, 0.3) is 10.2 Å². The zero-order valence-electron chi connectivity index (χ0n) is 11.2. The van der Waals surface area contributed by atoms with E-state index in [-0.39, 0.29) is 11.2 Å². The molecule has 2 rings (SSSR count). The van der Waals surface area contributed by atoms with E-state index in [9.17, 15) is 4.79 Å². The largest absolute Gasteiger partial charge is 0.355 e. The summed E-state index contributed by atoms with van der Waals surface area (Å²) in [6.45, 7) is 6.78. The molecule has 1 atom stereocenters. The minimum absolute atomic E-state index is 0.0574. The molecule has 1 unspecified atom stereocenters. The Morgan fingerprint density at radius 1 is 1.42 bits per heavy atom. The topological polar surface area (TPSA) is 54.9 Å². The first kappa shape index (κ1) is 14.3. The second-order valence-corrected chi connectivity index (χ2v) is 6.96. The average Bonchev–Trinajstić information content (AvgIpc) is 2.85. The molecule has 1 amide bonds. The van der Waals surface area contributed by atoms with Crippen LogP contribution in [-0.4, -0.2) is 27.7 Å². The molecule has 2 aromatic heterocycles. The van der Waals surface area contributed by atoms with Crippen molar-refractivity contribution in [1.29, 1.82) is 0 Å². The van der Waals surface area contributed by atoms with Crippen molar-refractivity contribution in [2.24, 2.45) is 5.92 Å². The predicted molar refractivity (Wildman–Crippen MR) is 80.6 cm³/mol. The molecule has 4 nitrogen and oxygen atoms in total. The first-order chi connectivity index (χ1) is 9.08. The van der Waals surface area contributed by atoms with Crippen LogP contribution in [0.15, 0.2) is 22.8 Å². The fraction of sp³-hybridized carbons (Fsp3) is 0.462. The molecule has 102 valence electrons. The summed E-state index contributed by atoms with van der Waals surface area (Å²) in [4.78, 5) is 20.4. The van der Waals surface area contributed by atoms with Gasteiger partial charge in [0.2, 0.25) is 5.91 Å². The lowest BCUT2D eigenvalue weighted by molar-refractivity contribution is -0.120. The number of aromatic nitrogens is 2. The SMILES string of the molecule is CC(C)CNC(=O)C(C)Sc1ncnc2ccsc12. The maximum atomic E-state index is 12.0. The number of carbonyl (C=O) groups excluding carboxylic acids is 1. The number of hydrogen-bond donors (Lipinski definition) is 1. The third kappa shape index (κ3) is 3.67. The number of thiophene rings is 1. The number of thioether (sulfide) groups is 1. The van der Waals surface area contributed by atoms with Crippen LogP contribution in [0.5, 0.6) is 0 Å². The highest BCUT2D eigenvalue weighted by Gasteiger charge is 2.17. The minimum atomic E-state index is -0.154. The van der Waals surface area contributed by atoms with Crippen LogP contribution in [0.2, 0.25) is 0 Å². The van der Waals surface area contributed by atoms with Crippen molar-refractivity contribution in [3.63, 3.8) is 0 Å². The van der Waals surface area contributed by atoms with E-state index in [1.54, 1.807) is 17.7 Å². The van der Waals surface area contributed by atoms with Crippen LogP contribution in [-0.2, 0) is 4.79 Å². The lowest BCUT2D eigenvalue weighted by Gasteiger charge is -2.13. The van der Waals surface area contributed by atoms with Crippen LogP contribution in [0.4, 0.5) is 0 Å². The maximum absolute atomic E-state index is 12.0. The summed E-state index contributed by atoms with van der Waals surface area (Å²) in [5, 5.41) is 5.67. The summed E-state index contributed by atoms with van der Waals surface area (Å²) in [5.41, 5.74) is 0.942. The molecule has 0 saturated carbocycles. The van der Waals surface area contributed by atoms with Crippen molar-refractivity contribution in [2.75, 3.05) is 6.54 Å². The second kappa shape index (κ2) is 6.34. The Hall–Kier alpha value is -1.14. The molecule has 0 fully saturated rings. The van der Waals surface area contributed by atoms with Gasteiger partial charge in [-0.05, 0) is 24.3 Å². The Morgan fingerprint density at radius 2 is 2.21 bits per heavy atom. The van der Waals surface area contributed by atoms with Crippen molar-refractivity contribution in [1.82, 2.24) is 15.3 Å². The molecule has 0 spiro atoms. The maximum Gasteiger partial charge on any atom is 0.233 e. The Bertz CT molecular complexity index is 568. The van der Waals surface area contributed by atoms with E-state index in [2.05, 4.69) is 29.1 Å². The van der Waals surface area contributed by atoms with E-state index in [0.29, 0.717) is 12.5 Å². The van der Waals surface area contributed by atoms with Gasteiger partial charge in [0.25, 0.3) is 0 Å². The highest BCUT2D eigenvalue weighted by molar-refractivity contribution is 8.00. The van der Waals surface area contributed by atoms with Crippen molar-refractivity contribution >= 4 is 39.2 Å². The zero-order chi connectivity index (χ0) is 13.8. The molecule has 0 saturated heterocycles. The summed E-state index contributed by atoms with van der Waals surface area (Å²) < 4.78 is 1.05. The minimum Gasteiger partial charge on any atom is -0.355 e. The van der Waals surface area contributed by atoms with Gasteiger partial charge in [0.05, 0.1) is 15.5 Å². The number of fused-ring (bicyclic) bond motifs is 1. The van der Waals surface area contributed by atoms with E-state index < -0.39 is 0 Å². The molecular weight excluding hydrogens is 278 g/mol. The van der Waals surface area contributed by atoms with E-state index in [1.165, 1.54) is 11.8 Å². The molecule has 0 aliphatic heterocycles. The molecule has 1 N–H and O–H groups in total. The molecule has 19 heavy (non-hydrogen) atoms. The van der Waals surface area contributed by atoms with Crippen LogP contribution < -0.4 is 5.32 Å². The van der Waals surface area contributed by atoms with Crippen LogP contribution in [0.3, 0.4) is 0 Å². The fourth-order valence-corrected chi connectivity index (χ4v) is 3.38. The second-order valence-electron chi connectivity index (χ2n) is 4.71. The van der Waals surface area contributed by atoms with E-state index >= 15 is 0 Å². The van der Waals surface area contributed by atoms with E-state index in [1.807, 2.05) is 18.4 Å². The van der Waals surface area contributed by atoms with Crippen LogP contribution in [0.1, 0.15) is 20.8 Å². The van der Waals surface area contributed by atoms with Gasteiger partial charge in [0.1, 0.15) is 11.4 Å². The van der Waals surface area contributed by atoms with Gasteiger partial charge in [-0.1, -0.05) is 25.6 Å². The van der Waals surface area contributed by atoms with Gasteiger partial charge in [-0.15, -0.1) is 11.3 Å². The van der Waals surface area contributed by atoms with Gasteiger partial charge >= 0.3 is 0 Å². The van der Waals surface area contributed by atoms with Crippen LogP contribution in [0, 0.1) is 5.92 Å². The molecular formula is C13H17N3OS2. The third-order valence-corrected chi connectivity index (χ3v) is 4.69. The zero-order valence-corrected chi connectivity index (χ0v) is 12.8. The molecule has 6 heteroatoms. The Kier molecular flexibility index (Phi) is 4.76. The molecule has 0 aliphatic carbocycles. The summed E-state index contributed by atoms with van der Waals surface area (Å²) in [5.74, 6) is 0.520. The highest BCUT2D eigenvalue weighted by atomic mass is 32.2. The Labute approximate surface area is 121 Å². The highest BCUT2D eigenvalue weighted by Crippen LogP contribution is 2.31. The van der Waals surface area contributed by atoms with Gasteiger partial charge in [0.15, 0.2) is 0 Å². The van der Waals surface area contributed by atoms with Crippen molar-refractivity contribution in [3.05, 3.63) is 17.8 Å². The van der Waals surface area contributed by atoms with Crippen molar-refractivity contribution < 1.29 is 4.79 Å². The van der Waals surface area contributed by atoms with Gasteiger partial charge in [-0.3, -0.25) is 4.79 Å². The number of carbonyl (C=O) groups is 1. The lowest BCUT2D eigenvalue weighted by Crippen LogP contribution is -2.33. The molecule has 2 heterocycles. The van der Waals surface area contributed by atoms with Crippen LogP contribution >= 0.6 is 23.1 Å². The van der Waals surface area contributed by atoms with Gasteiger partial charge in [-0.2, -0.15) is 0 Å². The van der Waals surface area contributed by atoms with Gasteiger partial charge in [0, 0.05) is 6.54 Å². The molecule has 0 aromatic carbocycles. The average molecular weight is 295 g/mol. The quantitative estimate of drug-likeness (QED) is 0.680. The summed E-state index contributed by atoms with van der Waals surface area (Å²) in [6, 6.07) is 1.97. The van der Waals surface area contributed by atoms with Crippen molar-refractivity contribution in [2.45, 2.75) is 31.0 Å². The number of nitrogens with one attached hydrogen (secondary N) is 1. The predicted octanol–water partition coefficient (Wildman–Crippen LogP) is 2.94. The van der Waals surface area contributed by atoms with Crippen molar-refractivity contribution in [3.8, 4) is 0 Å². The smallest absolute Gasteiger partial charge is 0.233 e. The monoisotopic (exact) mass is 295 g/mol. The standard InChI is InChI=1S/C13H17N3OS2/c1-8(2)6-14-12(17)9(3)19-13-11-10(4-5-18-11)15-7-16-13/h4-5,7-9H,6H2,1-3H3,(H,14,17). The van der Waals surface area contributed by atoms with E-state index in [4.69, 9.17) is 0 Å². The Morgan fingerprint density at radius 3 is 2.95 bits per heavy atom. The van der Waals surface area contributed by atoms with E-state index in [0.717, 1.165) is 15.2 Å². The molecule has 0 radical (unpaired) electrons. The normalized spacial score (nSPS) is 12.8. The van der Waals surface area contributed by atoms with Gasteiger partial charge < -0.3 is 5.32 Å². The fourth-order valence-electron chi connectivity index (χ4n) is 1.52. The number of rotatable bonds is 5. The summed E-state index contributed by atoms with van der Waals surface area (Å²) in [6.07, 6.45) is 1.55. The summed E-state index contributed by atoms with van der Waals surface area (Å²) in [7, 11) is 0.